The second-order valence-electron chi connectivity index (χ2n) is 4.44. The monoisotopic (exact) mass is 222 g/mol. The van der Waals surface area contributed by atoms with Gasteiger partial charge in [0.1, 0.15) is 0 Å². The summed E-state index contributed by atoms with van der Waals surface area (Å²) < 4.78 is 4.68. The number of methoxy groups -OCH3 is 1. The second-order valence-corrected chi connectivity index (χ2v) is 4.44. The number of hydrogen-bond acceptors (Lipinski definition) is 4. The van der Waals surface area contributed by atoms with Crippen LogP contribution in [0.4, 0.5) is 0 Å². The predicted molar refractivity (Wildman–Crippen MR) is 61.9 cm³/mol. The highest BCUT2D eigenvalue weighted by Crippen LogP contribution is 2.29. The summed E-state index contributed by atoms with van der Waals surface area (Å²) in [5, 5.41) is 0. The molecular formula is C12H18N2O2. The van der Waals surface area contributed by atoms with E-state index < -0.39 is 5.54 Å². The van der Waals surface area contributed by atoms with E-state index in [1.165, 1.54) is 7.11 Å². The molecule has 0 spiro atoms. The van der Waals surface area contributed by atoms with Crippen LogP contribution in [0.1, 0.15) is 31.7 Å². The van der Waals surface area contributed by atoms with Gasteiger partial charge in [0.05, 0.1) is 13.5 Å². The maximum absolute atomic E-state index is 11.3. The van der Waals surface area contributed by atoms with Crippen LogP contribution in [-0.2, 0) is 9.53 Å². The third-order valence-electron chi connectivity index (χ3n) is 2.58. The molecule has 0 aliphatic rings. The zero-order valence-electron chi connectivity index (χ0n) is 9.93. The van der Waals surface area contributed by atoms with Crippen molar-refractivity contribution in [2.75, 3.05) is 7.11 Å². The highest BCUT2D eigenvalue weighted by Gasteiger charge is 2.29. The molecular weight excluding hydrogens is 204 g/mol. The van der Waals surface area contributed by atoms with Gasteiger partial charge in [-0.25, -0.2) is 0 Å². The molecule has 0 bridgehead atoms. The molecule has 1 aromatic rings. The van der Waals surface area contributed by atoms with Gasteiger partial charge in [-0.3, -0.25) is 9.78 Å². The lowest BCUT2D eigenvalue weighted by molar-refractivity contribution is -0.141. The molecule has 0 aromatic carbocycles. The molecule has 0 amide bonds. The molecule has 1 aromatic heterocycles. The van der Waals surface area contributed by atoms with Crippen molar-refractivity contribution in [3.63, 3.8) is 0 Å². The largest absolute Gasteiger partial charge is 0.469 e. The number of ether oxygens (including phenoxy) is 1. The number of nitrogens with zero attached hydrogens (tertiary/aromatic N) is 1. The number of hydrogen-bond donors (Lipinski definition) is 1. The van der Waals surface area contributed by atoms with Crippen molar-refractivity contribution in [3.05, 3.63) is 30.1 Å². The first-order chi connectivity index (χ1) is 7.45. The van der Waals surface area contributed by atoms with Crippen molar-refractivity contribution >= 4 is 5.97 Å². The van der Waals surface area contributed by atoms with Crippen LogP contribution in [0.5, 0.6) is 0 Å². The summed E-state index contributed by atoms with van der Waals surface area (Å²) in [6.45, 7) is 3.79. The number of nitrogens with two attached hydrogens (primary N) is 1. The molecule has 1 rings (SSSR count). The topological polar surface area (TPSA) is 65.2 Å². The van der Waals surface area contributed by atoms with Gasteiger partial charge in [-0.1, -0.05) is 6.07 Å². The summed E-state index contributed by atoms with van der Waals surface area (Å²) >= 11 is 0. The van der Waals surface area contributed by atoms with Crippen molar-refractivity contribution in [2.45, 2.75) is 31.7 Å². The van der Waals surface area contributed by atoms with Crippen molar-refractivity contribution in [1.29, 1.82) is 0 Å². The SMILES string of the molecule is COC(=O)CC(c1cccnc1)C(C)(C)N. The van der Waals surface area contributed by atoms with E-state index in [2.05, 4.69) is 9.72 Å². The zero-order chi connectivity index (χ0) is 12.2. The Kier molecular flexibility index (Phi) is 4.01. The van der Waals surface area contributed by atoms with Crippen LogP contribution in [0.15, 0.2) is 24.5 Å². The smallest absolute Gasteiger partial charge is 0.306 e. The van der Waals surface area contributed by atoms with Gasteiger partial charge in [0, 0.05) is 23.9 Å². The van der Waals surface area contributed by atoms with Crippen LogP contribution in [0.2, 0.25) is 0 Å². The number of carbonyl (C=O) groups excluding carboxylic acids is 1. The fourth-order valence-corrected chi connectivity index (χ4v) is 1.64. The lowest BCUT2D eigenvalue weighted by Crippen LogP contribution is -2.40. The molecule has 4 nitrogen and oxygen atoms in total. The van der Waals surface area contributed by atoms with Crippen LogP contribution in [0.3, 0.4) is 0 Å². The molecule has 0 fully saturated rings. The summed E-state index contributed by atoms with van der Waals surface area (Å²) in [6.07, 6.45) is 3.70. The number of esters is 1. The van der Waals surface area contributed by atoms with E-state index in [0.717, 1.165) is 5.56 Å². The molecule has 0 radical (unpaired) electrons. The van der Waals surface area contributed by atoms with Crippen molar-refractivity contribution in [1.82, 2.24) is 4.98 Å². The molecule has 2 N–H and O–H groups in total. The maximum atomic E-state index is 11.3. The standard InChI is InChI=1S/C12H18N2O2/c1-12(2,13)10(7-11(15)16-3)9-5-4-6-14-8-9/h4-6,8,10H,7,13H2,1-3H3. The maximum Gasteiger partial charge on any atom is 0.306 e. The normalized spacial score (nSPS) is 13.2. The van der Waals surface area contributed by atoms with Gasteiger partial charge < -0.3 is 10.5 Å². The predicted octanol–water partition coefficient (Wildman–Crippen LogP) is 1.47. The summed E-state index contributed by atoms with van der Waals surface area (Å²) in [6, 6.07) is 3.76. The Balaban J connectivity index is 2.93. The van der Waals surface area contributed by atoms with Crippen LogP contribution in [0.25, 0.3) is 0 Å². The number of rotatable bonds is 4. The van der Waals surface area contributed by atoms with E-state index in [4.69, 9.17) is 5.73 Å². The average Bonchev–Trinajstić information content (AvgIpc) is 2.25. The van der Waals surface area contributed by atoms with E-state index in [-0.39, 0.29) is 18.3 Å². The molecule has 1 atom stereocenters. The quantitative estimate of drug-likeness (QED) is 0.783. The lowest BCUT2D eigenvalue weighted by Gasteiger charge is -2.29. The second kappa shape index (κ2) is 5.07. The van der Waals surface area contributed by atoms with E-state index in [1.54, 1.807) is 12.4 Å². The molecule has 0 aliphatic heterocycles. The van der Waals surface area contributed by atoms with Crippen LogP contribution in [0, 0.1) is 0 Å². The molecule has 0 aliphatic carbocycles. The summed E-state index contributed by atoms with van der Waals surface area (Å²) in [5.74, 6) is -0.346. The van der Waals surface area contributed by atoms with Crippen LogP contribution in [-0.4, -0.2) is 23.6 Å². The van der Waals surface area contributed by atoms with E-state index in [0.29, 0.717) is 0 Å². The summed E-state index contributed by atoms with van der Waals surface area (Å²) in [4.78, 5) is 15.4. The molecule has 88 valence electrons. The van der Waals surface area contributed by atoms with Crippen molar-refractivity contribution in [3.8, 4) is 0 Å². The molecule has 1 unspecified atom stereocenters. The van der Waals surface area contributed by atoms with Gasteiger partial charge in [0.25, 0.3) is 0 Å². The third kappa shape index (κ3) is 3.31. The van der Waals surface area contributed by atoms with Crippen molar-refractivity contribution in [2.24, 2.45) is 5.73 Å². The Morgan fingerprint density at radius 3 is 2.75 bits per heavy atom. The molecule has 16 heavy (non-hydrogen) atoms. The summed E-state index contributed by atoms with van der Waals surface area (Å²) in [7, 11) is 1.38. The molecule has 0 saturated heterocycles. The number of aromatic nitrogens is 1. The minimum atomic E-state index is -0.489. The summed E-state index contributed by atoms with van der Waals surface area (Å²) in [5.41, 5.74) is 6.55. The van der Waals surface area contributed by atoms with Gasteiger partial charge in [0.2, 0.25) is 0 Å². The Morgan fingerprint density at radius 2 is 2.31 bits per heavy atom. The van der Waals surface area contributed by atoms with Crippen molar-refractivity contribution < 1.29 is 9.53 Å². The Bertz CT molecular complexity index is 344. The van der Waals surface area contributed by atoms with Gasteiger partial charge in [0.15, 0.2) is 0 Å². The van der Waals surface area contributed by atoms with Crippen LogP contribution < -0.4 is 5.73 Å². The Labute approximate surface area is 95.8 Å². The first-order valence-electron chi connectivity index (χ1n) is 5.20. The Morgan fingerprint density at radius 1 is 1.62 bits per heavy atom. The molecule has 1 heterocycles. The fraction of sp³-hybridized carbons (Fsp3) is 0.500. The third-order valence-corrected chi connectivity index (χ3v) is 2.58. The minimum absolute atomic E-state index is 0.0892. The van der Waals surface area contributed by atoms with Crippen LogP contribution >= 0.6 is 0 Å². The Hall–Kier alpha value is -1.42. The molecule has 0 saturated carbocycles. The van der Waals surface area contributed by atoms with Gasteiger partial charge in [-0.2, -0.15) is 0 Å². The molecule has 4 heteroatoms. The average molecular weight is 222 g/mol. The van der Waals surface area contributed by atoms with E-state index in [1.807, 2.05) is 26.0 Å². The van der Waals surface area contributed by atoms with Gasteiger partial charge >= 0.3 is 5.97 Å². The van der Waals surface area contributed by atoms with Gasteiger partial charge in [-0.15, -0.1) is 0 Å². The highest BCUT2D eigenvalue weighted by molar-refractivity contribution is 5.70. The first-order valence-corrected chi connectivity index (χ1v) is 5.20. The lowest BCUT2D eigenvalue weighted by atomic mass is 9.81. The number of carbonyl (C=O) groups is 1. The minimum Gasteiger partial charge on any atom is -0.469 e. The van der Waals surface area contributed by atoms with E-state index in [9.17, 15) is 4.79 Å². The number of pyridine rings is 1. The highest BCUT2D eigenvalue weighted by atomic mass is 16.5. The first kappa shape index (κ1) is 12.6. The van der Waals surface area contributed by atoms with Gasteiger partial charge in [-0.05, 0) is 25.5 Å². The fourth-order valence-electron chi connectivity index (χ4n) is 1.64. The zero-order valence-corrected chi connectivity index (χ0v) is 9.93. The van der Waals surface area contributed by atoms with E-state index >= 15 is 0 Å².